The molecule has 0 bridgehead atoms. The number of aromatic nitrogens is 2. The largest absolute Gasteiger partial charge is 0.323 e. The van der Waals surface area contributed by atoms with Gasteiger partial charge in [-0.05, 0) is 37.7 Å². The fourth-order valence-corrected chi connectivity index (χ4v) is 4.61. The van der Waals surface area contributed by atoms with E-state index in [9.17, 15) is 0 Å². The molecular weight excluding hydrogens is 288 g/mol. The third kappa shape index (κ3) is 2.35. The van der Waals surface area contributed by atoms with E-state index in [-0.39, 0.29) is 0 Å². The molecule has 1 fully saturated rings. The topological polar surface area (TPSA) is 17.8 Å². The maximum Gasteiger partial charge on any atom is 0.111 e. The Hall–Kier alpha value is -0.670. The summed E-state index contributed by atoms with van der Waals surface area (Å²) >= 11 is 7.99. The van der Waals surface area contributed by atoms with Crippen molar-refractivity contribution in [1.29, 1.82) is 0 Å². The standard InChI is InChI=1S/C16H21ClN2S/c1-11-5-3-6-12-16(11)19(15(18-12)9-10-17)13-7-4-8-14(13)20-2/h3,5-6,13-14H,4,7-10H2,1-2H3. The first-order chi connectivity index (χ1) is 9.76. The molecule has 2 unspecified atom stereocenters. The second-order valence-electron chi connectivity index (χ2n) is 5.55. The van der Waals surface area contributed by atoms with E-state index in [0.29, 0.717) is 17.2 Å². The molecule has 108 valence electrons. The Morgan fingerprint density at radius 1 is 1.40 bits per heavy atom. The lowest BCUT2D eigenvalue weighted by Crippen LogP contribution is -2.18. The summed E-state index contributed by atoms with van der Waals surface area (Å²) in [5.74, 6) is 1.80. The van der Waals surface area contributed by atoms with Crippen molar-refractivity contribution < 1.29 is 0 Å². The number of hydrogen-bond acceptors (Lipinski definition) is 2. The monoisotopic (exact) mass is 308 g/mol. The van der Waals surface area contributed by atoms with Gasteiger partial charge in [0.15, 0.2) is 0 Å². The van der Waals surface area contributed by atoms with Gasteiger partial charge in [-0.25, -0.2) is 4.98 Å². The molecular formula is C16H21ClN2S. The number of rotatable bonds is 4. The first-order valence-electron chi connectivity index (χ1n) is 7.31. The molecule has 0 spiro atoms. The number of halogens is 1. The average molecular weight is 309 g/mol. The van der Waals surface area contributed by atoms with Crippen molar-refractivity contribution in [3.05, 3.63) is 29.6 Å². The first-order valence-corrected chi connectivity index (χ1v) is 9.13. The Labute approximate surface area is 129 Å². The molecule has 4 heteroatoms. The van der Waals surface area contributed by atoms with Crippen LogP contribution in [0, 0.1) is 6.92 Å². The molecule has 0 aliphatic heterocycles. The highest BCUT2D eigenvalue weighted by molar-refractivity contribution is 7.99. The van der Waals surface area contributed by atoms with Crippen molar-refractivity contribution in [2.24, 2.45) is 0 Å². The van der Waals surface area contributed by atoms with Gasteiger partial charge in [0.2, 0.25) is 0 Å². The predicted molar refractivity (Wildman–Crippen MR) is 89.1 cm³/mol. The molecule has 0 amide bonds. The van der Waals surface area contributed by atoms with Gasteiger partial charge in [0.25, 0.3) is 0 Å². The van der Waals surface area contributed by atoms with Crippen LogP contribution in [-0.2, 0) is 6.42 Å². The molecule has 1 aliphatic rings. The zero-order valence-corrected chi connectivity index (χ0v) is 13.7. The molecule has 20 heavy (non-hydrogen) atoms. The van der Waals surface area contributed by atoms with Crippen molar-refractivity contribution in [3.63, 3.8) is 0 Å². The van der Waals surface area contributed by atoms with Crippen LogP contribution in [0.2, 0.25) is 0 Å². The van der Waals surface area contributed by atoms with Gasteiger partial charge in [-0.15, -0.1) is 11.6 Å². The van der Waals surface area contributed by atoms with Gasteiger partial charge in [0.1, 0.15) is 5.82 Å². The number of benzene rings is 1. The number of nitrogens with zero attached hydrogens (tertiary/aromatic N) is 2. The van der Waals surface area contributed by atoms with Crippen molar-refractivity contribution in [3.8, 4) is 0 Å². The van der Waals surface area contributed by atoms with E-state index in [2.05, 4.69) is 35.9 Å². The number of fused-ring (bicyclic) bond motifs is 1. The highest BCUT2D eigenvalue weighted by Gasteiger charge is 2.31. The lowest BCUT2D eigenvalue weighted by molar-refractivity contribution is 0.522. The number of thioether (sulfide) groups is 1. The van der Waals surface area contributed by atoms with E-state index < -0.39 is 0 Å². The maximum atomic E-state index is 5.99. The fourth-order valence-electron chi connectivity index (χ4n) is 3.46. The van der Waals surface area contributed by atoms with Crippen LogP contribution in [0.5, 0.6) is 0 Å². The molecule has 2 atom stereocenters. The van der Waals surface area contributed by atoms with Crippen LogP contribution < -0.4 is 0 Å². The summed E-state index contributed by atoms with van der Waals surface area (Å²) in [6, 6.07) is 6.99. The van der Waals surface area contributed by atoms with Crippen molar-refractivity contribution >= 4 is 34.4 Å². The lowest BCUT2D eigenvalue weighted by atomic mass is 10.1. The van der Waals surface area contributed by atoms with Gasteiger partial charge >= 0.3 is 0 Å². The lowest BCUT2D eigenvalue weighted by Gasteiger charge is -2.23. The Kier molecular flexibility index (Phi) is 4.27. The van der Waals surface area contributed by atoms with Crippen LogP contribution in [0.1, 0.15) is 36.7 Å². The zero-order chi connectivity index (χ0) is 14.1. The SMILES string of the molecule is CSC1CCCC1n1c(CCCl)nc2cccc(C)c21. The minimum Gasteiger partial charge on any atom is -0.323 e. The van der Waals surface area contributed by atoms with Crippen LogP contribution >= 0.6 is 23.4 Å². The first kappa shape index (κ1) is 14.3. The summed E-state index contributed by atoms with van der Waals surface area (Å²) in [6.45, 7) is 2.19. The summed E-state index contributed by atoms with van der Waals surface area (Å²) in [6.07, 6.45) is 6.99. The second-order valence-corrected chi connectivity index (χ2v) is 7.01. The third-order valence-corrected chi connectivity index (χ3v) is 5.70. The van der Waals surface area contributed by atoms with Crippen LogP contribution in [0.3, 0.4) is 0 Å². The summed E-state index contributed by atoms with van der Waals surface area (Å²) in [7, 11) is 0. The summed E-state index contributed by atoms with van der Waals surface area (Å²) in [4.78, 5) is 4.85. The van der Waals surface area contributed by atoms with E-state index >= 15 is 0 Å². The number of hydrogen-bond donors (Lipinski definition) is 0. The van der Waals surface area contributed by atoms with Gasteiger partial charge in [-0.3, -0.25) is 0 Å². The third-order valence-electron chi connectivity index (χ3n) is 4.36. The number of aryl methyl sites for hydroxylation is 2. The fraction of sp³-hybridized carbons (Fsp3) is 0.562. The summed E-state index contributed by atoms with van der Waals surface area (Å²) in [5, 5.41) is 0.709. The molecule has 1 aliphatic carbocycles. The summed E-state index contributed by atoms with van der Waals surface area (Å²) < 4.78 is 2.50. The van der Waals surface area contributed by atoms with Crippen LogP contribution in [0.15, 0.2) is 18.2 Å². The Bertz CT molecular complexity index is 608. The van der Waals surface area contributed by atoms with Crippen LogP contribution in [0.4, 0.5) is 0 Å². The van der Waals surface area contributed by atoms with Crippen LogP contribution in [0.25, 0.3) is 11.0 Å². The van der Waals surface area contributed by atoms with Gasteiger partial charge in [0, 0.05) is 23.6 Å². The highest BCUT2D eigenvalue weighted by atomic mass is 35.5. The van der Waals surface area contributed by atoms with E-state index in [1.165, 1.54) is 30.3 Å². The predicted octanol–water partition coefficient (Wildman–Crippen LogP) is 4.58. The second kappa shape index (κ2) is 5.98. The minimum absolute atomic E-state index is 0.578. The van der Waals surface area contributed by atoms with E-state index in [4.69, 9.17) is 16.6 Å². The van der Waals surface area contributed by atoms with Crippen LogP contribution in [-0.4, -0.2) is 26.9 Å². The van der Waals surface area contributed by atoms with Crippen molar-refractivity contribution in [2.75, 3.05) is 12.1 Å². The quantitative estimate of drug-likeness (QED) is 0.769. The van der Waals surface area contributed by atoms with E-state index in [0.717, 1.165) is 17.8 Å². The normalized spacial score (nSPS) is 22.8. The molecule has 0 radical (unpaired) electrons. The van der Waals surface area contributed by atoms with Gasteiger partial charge in [-0.1, -0.05) is 18.6 Å². The zero-order valence-electron chi connectivity index (χ0n) is 12.1. The van der Waals surface area contributed by atoms with Crippen molar-refractivity contribution in [1.82, 2.24) is 9.55 Å². The molecule has 1 heterocycles. The number of alkyl halides is 1. The molecule has 2 aromatic rings. The van der Waals surface area contributed by atoms with E-state index in [1.54, 1.807) is 0 Å². The smallest absolute Gasteiger partial charge is 0.111 e. The van der Waals surface area contributed by atoms with Gasteiger partial charge in [-0.2, -0.15) is 11.8 Å². The number of para-hydroxylation sites is 1. The van der Waals surface area contributed by atoms with Gasteiger partial charge < -0.3 is 4.57 Å². The molecule has 2 nitrogen and oxygen atoms in total. The molecule has 1 aromatic carbocycles. The minimum atomic E-state index is 0.578. The Balaban J connectivity index is 2.17. The molecule has 1 aromatic heterocycles. The molecule has 3 rings (SSSR count). The van der Waals surface area contributed by atoms with Gasteiger partial charge in [0.05, 0.1) is 11.0 Å². The Morgan fingerprint density at radius 3 is 3.00 bits per heavy atom. The maximum absolute atomic E-state index is 5.99. The molecule has 1 saturated carbocycles. The summed E-state index contributed by atoms with van der Waals surface area (Å²) in [5.41, 5.74) is 3.76. The van der Waals surface area contributed by atoms with Crippen molar-refractivity contribution in [2.45, 2.75) is 43.9 Å². The number of imidazole rings is 1. The highest BCUT2D eigenvalue weighted by Crippen LogP contribution is 2.40. The van der Waals surface area contributed by atoms with E-state index in [1.807, 2.05) is 11.8 Å². The Morgan fingerprint density at radius 2 is 2.25 bits per heavy atom. The molecule has 0 N–H and O–H groups in total. The average Bonchev–Trinajstić information content (AvgIpc) is 3.02. The molecule has 0 saturated heterocycles.